The van der Waals surface area contributed by atoms with Crippen molar-refractivity contribution in [3.63, 3.8) is 0 Å². The van der Waals surface area contributed by atoms with Gasteiger partial charge in [-0.1, -0.05) is 18.2 Å². The normalized spacial score (nSPS) is 14.2. The second-order valence-electron chi connectivity index (χ2n) is 3.75. The maximum Gasteiger partial charge on any atom is 0.129 e. The molecule has 0 heterocycles. The van der Waals surface area contributed by atoms with Crippen LogP contribution in [0.5, 0.6) is 0 Å². The van der Waals surface area contributed by atoms with Crippen LogP contribution in [0.15, 0.2) is 24.3 Å². The third-order valence-corrected chi connectivity index (χ3v) is 1.90. The summed E-state index contributed by atoms with van der Waals surface area (Å²) in [4.78, 5) is 0. The first-order chi connectivity index (χ1) is 5.93. The highest BCUT2D eigenvalue weighted by Gasteiger charge is 2.26. The predicted octanol–water partition coefficient (Wildman–Crippen LogP) is 1.60. The van der Waals surface area contributed by atoms with Gasteiger partial charge in [-0.3, -0.25) is 0 Å². The van der Waals surface area contributed by atoms with Crippen molar-refractivity contribution in [3.05, 3.63) is 35.6 Å². The first-order valence-corrected chi connectivity index (χ1v) is 4.14. The van der Waals surface area contributed by atoms with Crippen LogP contribution in [0.4, 0.5) is 4.39 Å². The Morgan fingerprint density at radius 1 is 1.38 bits per heavy atom. The van der Waals surface area contributed by atoms with Crippen molar-refractivity contribution >= 4 is 0 Å². The first-order valence-electron chi connectivity index (χ1n) is 4.14. The van der Waals surface area contributed by atoms with E-state index in [0.717, 1.165) is 0 Å². The molecule has 0 saturated carbocycles. The Hall–Kier alpha value is -0.930. The Morgan fingerprint density at radius 2 is 1.92 bits per heavy atom. The topological polar surface area (TPSA) is 46.2 Å². The van der Waals surface area contributed by atoms with Gasteiger partial charge in [-0.2, -0.15) is 0 Å². The number of aliphatic hydroxyl groups is 1. The van der Waals surface area contributed by atoms with Crippen molar-refractivity contribution in [1.82, 2.24) is 0 Å². The number of nitrogens with two attached hydrogens (primary N) is 1. The van der Waals surface area contributed by atoms with E-state index >= 15 is 0 Å². The van der Waals surface area contributed by atoms with Gasteiger partial charge in [-0.05, 0) is 19.9 Å². The standard InChI is InChI=1S/C10H14FNO/c1-10(2,12)9(13)7-5-3-4-6-8(7)11/h3-6,9,13H,12H2,1-2H3. The lowest BCUT2D eigenvalue weighted by Crippen LogP contribution is -2.39. The molecule has 0 aromatic heterocycles. The maximum atomic E-state index is 13.2. The highest BCUT2D eigenvalue weighted by Crippen LogP contribution is 2.24. The summed E-state index contributed by atoms with van der Waals surface area (Å²) in [6, 6.07) is 6.10. The average Bonchev–Trinajstić information content (AvgIpc) is 2.02. The van der Waals surface area contributed by atoms with E-state index in [1.165, 1.54) is 12.1 Å². The van der Waals surface area contributed by atoms with E-state index in [2.05, 4.69) is 0 Å². The molecule has 1 aromatic rings. The van der Waals surface area contributed by atoms with Crippen LogP contribution in [0, 0.1) is 5.82 Å². The highest BCUT2D eigenvalue weighted by molar-refractivity contribution is 5.22. The first kappa shape index (κ1) is 10.2. The van der Waals surface area contributed by atoms with Gasteiger partial charge in [0, 0.05) is 11.1 Å². The molecule has 0 radical (unpaired) electrons. The molecule has 72 valence electrons. The zero-order valence-electron chi connectivity index (χ0n) is 7.79. The summed E-state index contributed by atoms with van der Waals surface area (Å²) >= 11 is 0. The monoisotopic (exact) mass is 183 g/mol. The summed E-state index contributed by atoms with van der Waals surface area (Å²) in [5.74, 6) is -0.423. The van der Waals surface area contributed by atoms with E-state index in [1.807, 2.05) is 0 Å². The van der Waals surface area contributed by atoms with Crippen molar-refractivity contribution in [1.29, 1.82) is 0 Å². The number of benzene rings is 1. The van der Waals surface area contributed by atoms with Gasteiger partial charge >= 0.3 is 0 Å². The van der Waals surface area contributed by atoms with Crippen LogP contribution in [-0.2, 0) is 0 Å². The zero-order chi connectivity index (χ0) is 10.1. The second kappa shape index (κ2) is 3.44. The molecule has 1 rings (SSSR count). The molecule has 0 aliphatic rings. The van der Waals surface area contributed by atoms with Crippen LogP contribution >= 0.6 is 0 Å². The van der Waals surface area contributed by atoms with Crippen molar-refractivity contribution in [2.24, 2.45) is 5.73 Å². The van der Waals surface area contributed by atoms with Gasteiger partial charge in [0.15, 0.2) is 0 Å². The fourth-order valence-corrected chi connectivity index (χ4v) is 1.10. The van der Waals surface area contributed by atoms with Gasteiger partial charge in [0.25, 0.3) is 0 Å². The van der Waals surface area contributed by atoms with Gasteiger partial charge in [0.2, 0.25) is 0 Å². The minimum absolute atomic E-state index is 0.245. The van der Waals surface area contributed by atoms with E-state index in [4.69, 9.17) is 5.73 Å². The fourth-order valence-electron chi connectivity index (χ4n) is 1.10. The van der Waals surface area contributed by atoms with Crippen LogP contribution in [-0.4, -0.2) is 10.6 Å². The molecule has 1 atom stereocenters. The zero-order valence-corrected chi connectivity index (χ0v) is 7.79. The minimum Gasteiger partial charge on any atom is -0.386 e. The summed E-state index contributed by atoms with van der Waals surface area (Å²) < 4.78 is 13.2. The van der Waals surface area contributed by atoms with Crippen LogP contribution in [0.3, 0.4) is 0 Å². The Labute approximate surface area is 77.2 Å². The minimum atomic E-state index is -0.978. The predicted molar refractivity (Wildman–Crippen MR) is 49.6 cm³/mol. The third kappa shape index (κ3) is 2.26. The molecule has 0 bridgehead atoms. The lowest BCUT2D eigenvalue weighted by molar-refractivity contribution is 0.101. The molecule has 3 heteroatoms. The maximum absolute atomic E-state index is 13.2. The van der Waals surface area contributed by atoms with Gasteiger partial charge in [-0.15, -0.1) is 0 Å². The summed E-state index contributed by atoms with van der Waals surface area (Å²) in [5.41, 5.74) is 5.08. The molecule has 0 spiro atoms. The Morgan fingerprint density at radius 3 is 2.38 bits per heavy atom. The van der Waals surface area contributed by atoms with E-state index in [9.17, 15) is 9.50 Å². The number of hydrogen-bond acceptors (Lipinski definition) is 2. The molecule has 13 heavy (non-hydrogen) atoms. The molecule has 2 nitrogen and oxygen atoms in total. The smallest absolute Gasteiger partial charge is 0.129 e. The molecular weight excluding hydrogens is 169 g/mol. The van der Waals surface area contributed by atoms with E-state index in [1.54, 1.807) is 26.0 Å². The largest absolute Gasteiger partial charge is 0.386 e. The van der Waals surface area contributed by atoms with E-state index in [0.29, 0.717) is 0 Å². The quantitative estimate of drug-likeness (QED) is 0.731. The molecule has 0 aliphatic carbocycles. The molecule has 1 aromatic carbocycles. The molecular formula is C10H14FNO. The lowest BCUT2D eigenvalue weighted by Gasteiger charge is -2.26. The Bertz CT molecular complexity index is 293. The average molecular weight is 183 g/mol. The van der Waals surface area contributed by atoms with Crippen molar-refractivity contribution in [3.8, 4) is 0 Å². The van der Waals surface area contributed by atoms with Gasteiger partial charge < -0.3 is 10.8 Å². The molecule has 3 N–H and O–H groups in total. The molecule has 0 amide bonds. The Kier molecular flexibility index (Phi) is 2.68. The number of halogens is 1. The number of aliphatic hydroxyl groups excluding tert-OH is 1. The van der Waals surface area contributed by atoms with Crippen molar-refractivity contribution < 1.29 is 9.50 Å². The van der Waals surface area contributed by atoms with Gasteiger partial charge in [0.1, 0.15) is 5.82 Å². The van der Waals surface area contributed by atoms with Gasteiger partial charge in [0.05, 0.1) is 6.10 Å². The summed E-state index contributed by atoms with van der Waals surface area (Å²) in [6.45, 7) is 3.31. The summed E-state index contributed by atoms with van der Waals surface area (Å²) in [5, 5.41) is 9.67. The van der Waals surface area contributed by atoms with Crippen LogP contribution < -0.4 is 5.73 Å². The summed E-state index contributed by atoms with van der Waals surface area (Å²) in [6.07, 6.45) is -0.978. The van der Waals surface area contributed by atoms with Crippen LogP contribution in [0.2, 0.25) is 0 Å². The molecule has 0 saturated heterocycles. The van der Waals surface area contributed by atoms with Gasteiger partial charge in [-0.25, -0.2) is 4.39 Å². The van der Waals surface area contributed by atoms with Crippen LogP contribution in [0.25, 0.3) is 0 Å². The van der Waals surface area contributed by atoms with Crippen molar-refractivity contribution in [2.45, 2.75) is 25.5 Å². The van der Waals surface area contributed by atoms with E-state index < -0.39 is 17.5 Å². The second-order valence-corrected chi connectivity index (χ2v) is 3.75. The van der Waals surface area contributed by atoms with Crippen LogP contribution in [0.1, 0.15) is 25.5 Å². The number of hydrogen-bond donors (Lipinski definition) is 2. The molecule has 0 aliphatic heterocycles. The molecule has 1 unspecified atom stereocenters. The highest BCUT2D eigenvalue weighted by atomic mass is 19.1. The fraction of sp³-hybridized carbons (Fsp3) is 0.400. The summed E-state index contributed by atoms with van der Waals surface area (Å²) in [7, 11) is 0. The van der Waals surface area contributed by atoms with E-state index in [-0.39, 0.29) is 5.56 Å². The van der Waals surface area contributed by atoms with Crippen molar-refractivity contribution in [2.75, 3.05) is 0 Å². The third-order valence-electron chi connectivity index (χ3n) is 1.90. The number of rotatable bonds is 2. The molecule has 0 fully saturated rings. The Balaban J connectivity index is 3.02. The lowest BCUT2D eigenvalue weighted by atomic mass is 9.92. The SMILES string of the molecule is CC(C)(N)C(O)c1ccccc1F.